The lowest BCUT2D eigenvalue weighted by Gasteiger charge is -2.27. The number of nitrogens with zero attached hydrogens (tertiary/aromatic N) is 2. The summed E-state index contributed by atoms with van der Waals surface area (Å²) in [4.78, 5) is 44.1. The lowest BCUT2D eigenvalue weighted by molar-refractivity contribution is -1.02. The van der Waals surface area contributed by atoms with E-state index in [4.69, 9.17) is 14.7 Å². The van der Waals surface area contributed by atoms with Crippen molar-refractivity contribution in [2.24, 2.45) is 0 Å². The highest BCUT2D eigenvalue weighted by Crippen LogP contribution is 2.35. The Morgan fingerprint density at radius 1 is 1.03 bits per heavy atom. The summed E-state index contributed by atoms with van der Waals surface area (Å²) in [5, 5.41) is 9.13. The third kappa shape index (κ3) is 5.40. The standard InChI is InChI=1S/C24H26N2O6/c1-25(2)14-16-31-21-20(19-11-7-4-8-12-19)17-26(22(21)27,32-24(30)23(28)29)15-13-18-9-5-3-6-10-18/h3-12H,13-17H2,1-2H3/p+1. The molecule has 1 N–H and O–H groups in total. The number of carboxylic acids is 1. The highest BCUT2D eigenvalue weighted by molar-refractivity contribution is 6.28. The lowest BCUT2D eigenvalue weighted by atomic mass is 10.1. The molecule has 3 rings (SSSR count). The fraction of sp³-hybridized carbons (Fsp3) is 0.292. The van der Waals surface area contributed by atoms with E-state index in [0.717, 1.165) is 11.1 Å². The van der Waals surface area contributed by atoms with Crippen LogP contribution in [0.1, 0.15) is 11.1 Å². The number of quaternary nitrogens is 1. The smallest absolute Gasteiger partial charge is 0.474 e. The van der Waals surface area contributed by atoms with E-state index in [1.165, 1.54) is 0 Å². The zero-order valence-electron chi connectivity index (χ0n) is 18.2. The number of carbonyl (C=O) groups excluding carboxylic acids is 2. The number of rotatable bonds is 9. The van der Waals surface area contributed by atoms with Gasteiger partial charge in [0.2, 0.25) is 5.76 Å². The monoisotopic (exact) mass is 439 g/mol. The SMILES string of the molecule is CN(C)CCOC1=C(c2ccccc2)C[N+](CCc2ccccc2)(OC(=O)C(=O)O)C1=O. The largest absolute Gasteiger partial charge is 0.483 e. The number of amides is 1. The van der Waals surface area contributed by atoms with Gasteiger partial charge in [-0.1, -0.05) is 65.3 Å². The quantitative estimate of drug-likeness (QED) is 0.473. The highest BCUT2D eigenvalue weighted by Gasteiger charge is 2.54. The van der Waals surface area contributed by atoms with Gasteiger partial charge in [0.1, 0.15) is 13.2 Å². The Kier molecular flexibility index (Phi) is 7.40. The van der Waals surface area contributed by atoms with Crippen LogP contribution in [0.2, 0.25) is 0 Å². The maximum absolute atomic E-state index is 13.6. The molecule has 0 fully saturated rings. The first-order chi connectivity index (χ1) is 15.3. The van der Waals surface area contributed by atoms with Crippen LogP contribution in [0.5, 0.6) is 0 Å². The van der Waals surface area contributed by atoms with Gasteiger partial charge in [0.05, 0.1) is 5.57 Å². The summed E-state index contributed by atoms with van der Waals surface area (Å²) in [6.07, 6.45) is 0.409. The maximum atomic E-state index is 13.6. The minimum absolute atomic E-state index is 0.00794. The molecule has 0 aromatic heterocycles. The van der Waals surface area contributed by atoms with Gasteiger partial charge in [-0.05, 0) is 25.2 Å². The van der Waals surface area contributed by atoms with Crippen LogP contribution in [0.25, 0.3) is 5.57 Å². The molecule has 1 aliphatic heterocycles. The minimum Gasteiger partial charge on any atom is -0.483 e. The van der Waals surface area contributed by atoms with Gasteiger partial charge >= 0.3 is 17.8 Å². The van der Waals surface area contributed by atoms with Crippen molar-refractivity contribution in [3.05, 3.63) is 77.5 Å². The molecule has 0 bridgehead atoms. The van der Waals surface area contributed by atoms with E-state index in [-0.39, 0.29) is 25.5 Å². The minimum atomic E-state index is -1.75. The molecule has 0 saturated heterocycles. The summed E-state index contributed by atoms with van der Waals surface area (Å²) in [7, 11) is 3.78. The maximum Gasteiger partial charge on any atom is 0.474 e. The molecule has 8 heteroatoms. The molecule has 0 saturated carbocycles. The second-order valence-corrected chi connectivity index (χ2v) is 7.82. The Labute approximate surface area is 186 Å². The first-order valence-corrected chi connectivity index (χ1v) is 10.3. The average molecular weight is 439 g/mol. The van der Waals surface area contributed by atoms with Gasteiger partial charge in [-0.25, -0.2) is 14.4 Å². The molecular formula is C24H27N2O6+. The molecule has 0 radical (unpaired) electrons. The fourth-order valence-corrected chi connectivity index (χ4v) is 3.51. The summed E-state index contributed by atoms with van der Waals surface area (Å²) >= 11 is 0. The highest BCUT2D eigenvalue weighted by atomic mass is 16.8. The first-order valence-electron chi connectivity index (χ1n) is 10.3. The predicted octanol–water partition coefficient (Wildman–Crippen LogP) is 2.12. The topological polar surface area (TPSA) is 93.1 Å². The molecule has 32 heavy (non-hydrogen) atoms. The van der Waals surface area contributed by atoms with Crippen molar-refractivity contribution >= 4 is 23.4 Å². The number of hydrogen-bond acceptors (Lipinski definition) is 6. The number of likely N-dealkylation sites (N-methyl/N-ethyl adjacent to an activating group) is 1. The van der Waals surface area contributed by atoms with Crippen LogP contribution in [0.15, 0.2) is 66.4 Å². The fourth-order valence-electron chi connectivity index (χ4n) is 3.51. The zero-order valence-corrected chi connectivity index (χ0v) is 18.2. The van der Waals surface area contributed by atoms with Gasteiger partial charge in [-0.3, -0.25) is 4.84 Å². The van der Waals surface area contributed by atoms with Crippen molar-refractivity contribution in [2.75, 3.05) is 40.3 Å². The molecule has 0 spiro atoms. The molecule has 1 amide bonds. The second kappa shape index (κ2) is 10.2. The van der Waals surface area contributed by atoms with Crippen LogP contribution in [-0.4, -0.2) is 72.8 Å². The van der Waals surface area contributed by atoms with Crippen LogP contribution in [0.3, 0.4) is 0 Å². The number of aliphatic carboxylic acids is 1. The van der Waals surface area contributed by atoms with Crippen LogP contribution in [-0.2, 0) is 30.4 Å². The molecular weight excluding hydrogens is 412 g/mol. The van der Waals surface area contributed by atoms with Crippen LogP contribution in [0.4, 0.5) is 0 Å². The molecule has 2 aromatic carbocycles. The zero-order chi connectivity index (χ0) is 23.1. The van der Waals surface area contributed by atoms with E-state index in [0.29, 0.717) is 18.5 Å². The van der Waals surface area contributed by atoms with Crippen molar-refractivity contribution in [2.45, 2.75) is 6.42 Å². The van der Waals surface area contributed by atoms with Gasteiger partial charge in [-0.2, -0.15) is 0 Å². The number of ether oxygens (including phenoxy) is 1. The number of benzene rings is 2. The van der Waals surface area contributed by atoms with E-state index in [1.54, 1.807) is 0 Å². The van der Waals surface area contributed by atoms with Crippen LogP contribution >= 0.6 is 0 Å². The Morgan fingerprint density at radius 3 is 2.25 bits per heavy atom. The lowest BCUT2D eigenvalue weighted by Crippen LogP contribution is -2.54. The molecule has 1 heterocycles. The van der Waals surface area contributed by atoms with Crippen molar-refractivity contribution in [1.82, 2.24) is 4.90 Å². The second-order valence-electron chi connectivity index (χ2n) is 7.82. The summed E-state index contributed by atoms with van der Waals surface area (Å²) in [5.41, 5.74) is 2.28. The van der Waals surface area contributed by atoms with Crippen molar-refractivity contribution in [1.29, 1.82) is 0 Å². The van der Waals surface area contributed by atoms with E-state index in [1.807, 2.05) is 79.7 Å². The summed E-state index contributed by atoms with van der Waals surface area (Å²) in [6, 6.07) is 18.6. The normalized spacial score (nSPS) is 18.2. The van der Waals surface area contributed by atoms with Gasteiger partial charge in [0, 0.05) is 13.0 Å². The molecule has 1 unspecified atom stereocenters. The Bertz CT molecular complexity index is 1000. The van der Waals surface area contributed by atoms with E-state index in [2.05, 4.69) is 0 Å². The Hall–Kier alpha value is -3.49. The number of carboxylic acid groups (broad SMARTS) is 1. The average Bonchev–Trinajstić information content (AvgIpc) is 3.05. The number of carbonyl (C=O) groups is 3. The van der Waals surface area contributed by atoms with Crippen LogP contribution < -0.4 is 0 Å². The molecule has 168 valence electrons. The first kappa shape index (κ1) is 23.2. The molecule has 0 aliphatic carbocycles. The van der Waals surface area contributed by atoms with Gasteiger partial charge in [0.15, 0.2) is 6.54 Å². The van der Waals surface area contributed by atoms with E-state index >= 15 is 0 Å². The number of hydrogen-bond donors (Lipinski definition) is 1. The number of hydroxylamine groups is 3. The van der Waals surface area contributed by atoms with Gasteiger partial charge in [-0.15, -0.1) is 0 Å². The molecule has 1 atom stereocenters. The third-order valence-corrected chi connectivity index (χ3v) is 5.20. The summed E-state index contributed by atoms with van der Waals surface area (Å²) in [6.45, 7) is 0.915. The van der Waals surface area contributed by atoms with Gasteiger partial charge in [0.25, 0.3) is 0 Å². The summed E-state index contributed by atoms with van der Waals surface area (Å²) < 4.78 is 5.09. The van der Waals surface area contributed by atoms with E-state index < -0.39 is 22.5 Å². The molecule has 1 aliphatic rings. The van der Waals surface area contributed by atoms with Crippen LogP contribution in [0, 0.1) is 0 Å². The molecule has 2 aromatic rings. The van der Waals surface area contributed by atoms with Gasteiger partial charge < -0.3 is 14.7 Å². The summed E-state index contributed by atoms with van der Waals surface area (Å²) in [5.74, 6) is -3.69. The molecule has 8 nitrogen and oxygen atoms in total. The van der Waals surface area contributed by atoms with Crippen molar-refractivity contribution < 1.29 is 33.7 Å². The third-order valence-electron chi connectivity index (χ3n) is 5.20. The van der Waals surface area contributed by atoms with E-state index in [9.17, 15) is 14.4 Å². The predicted molar refractivity (Wildman–Crippen MR) is 117 cm³/mol. The van der Waals surface area contributed by atoms with Crippen molar-refractivity contribution in [3.63, 3.8) is 0 Å². The Balaban J connectivity index is 1.96. The Morgan fingerprint density at radius 2 is 1.66 bits per heavy atom. The van der Waals surface area contributed by atoms with Crippen molar-refractivity contribution in [3.8, 4) is 0 Å².